The van der Waals surface area contributed by atoms with Gasteiger partial charge in [-0.25, -0.2) is 0 Å². The van der Waals surface area contributed by atoms with E-state index in [1.165, 1.54) is 56.6 Å². The molecule has 1 saturated carbocycles. The maximum atomic E-state index is 3.80. The van der Waals surface area contributed by atoms with Crippen LogP contribution in [0, 0.1) is 11.8 Å². The van der Waals surface area contributed by atoms with Crippen LogP contribution in [-0.4, -0.2) is 24.1 Å². The van der Waals surface area contributed by atoms with E-state index in [4.69, 9.17) is 0 Å². The second-order valence-electron chi connectivity index (χ2n) is 5.67. The monoisotopic (exact) mass is 257 g/mol. The van der Waals surface area contributed by atoms with Crippen LogP contribution in [-0.2, 0) is 0 Å². The topological polar surface area (TPSA) is 12.0 Å². The number of hydrogen-bond acceptors (Lipinski definition) is 2. The van der Waals surface area contributed by atoms with Crippen LogP contribution < -0.4 is 5.32 Å². The number of hydrogen-bond donors (Lipinski definition) is 1. The van der Waals surface area contributed by atoms with E-state index in [0.29, 0.717) is 0 Å². The van der Waals surface area contributed by atoms with Crippen molar-refractivity contribution in [2.24, 2.45) is 11.8 Å². The number of rotatable bonds is 8. The zero-order valence-electron chi connectivity index (χ0n) is 12.0. The van der Waals surface area contributed by atoms with Gasteiger partial charge >= 0.3 is 0 Å². The molecule has 0 bridgehead atoms. The molecule has 0 aromatic heterocycles. The lowest BCUT2D eigenvalue weighted by molar-refractivity contribution is 0.234. The van der Waals surface area contributed by atoms with E-state index in [0.717, 1.165) is 17.9 Å². The van der Waals surface area contributed by atoms with Gasteiger partial charge in [0.25, 0.3) is 0 Å². The van der Waals surface area contributed by atoms with Crippen molar-refractivity contribution in [3.8, 4) is 0 Å². The van der Waals surface area contributed by atoms with Gasteiger partial charge in [0.15, 0.2) is 0 Å². The zero-order chi connectivity index (χ0) is 12.5. The minimum absolute atomic E-state index is 0.772. The van der Waals surface area contributed by atoms with Gasteiger partial charge < -0.3 is 5.32 Å². The fourth-order valence-corrected chi connectivity index (χ4v) is 3.99. The molecule has 17 heavy (non-hydrogen) atoms. The van der Waals surface area contributed by atoms with Gasteiger partial charge in [0.2, 0.25) is 0 Å². The molecule has 0 saturated heterocycles. The molecule has 1 fully saturated rings. The van der Waals surface area contributed by atoms with Crippen molar-refractivity contribution in [2.75, 3.05) is 18.1 Å². The van der Waals surface area contributed by atoms with Crippen molar-refractivity contribution < 1.29 is 0 Å². The van der Waals surface area contributed by atoms with Gasteiger partial charge in [-0.2, -0.15) is 11.8 Å². The van der Waals surface area contributed by atoms with Gasteiger partial charge in [-0.3, -0.25) is 0 Å². The Kier molecular flexibility index (Phi) is 8.38. The Labute approximate surface area is 113 Å². The fourth-order valence-electron chi connectivity index (χ4n) is 2.89. The fraction of sp³-hybridized carbons (Fsp3) is 1.00. The van der Waals surface area contributed by atoms with Crippen LogP contribution in [0.4, 0.5) is 0 Å². The lowest BCUT2D eigenvalue weighted by atomic mass is 9.79. The summed E-state index contributed by atoms with van der Waals surface area (Å²) in [5.74, 6) is 4.54. The van der Waals surface area contributed by atoms with Crippen LogP contribution in [0.3, 0.4) is 0 Å². The first kappa shape index (κ1) is 15.4. The third-order valence-electron chi connectivity index (χ3n) is 3.85. The van der Waals surface area contributed by atoms with Gasteiger partial charge in [-0.1, -0.05) is 33.6 Å². The van der Waals surface area contributed by atoms with Gasteiger partial charge in [-0.15, -0.1) is 0 Å². The highest BCUT2D eigenvalue weighted by Crippen LogP contribution is 2.31. The van der Waals surface area contributed by atoms with E-state index >= 15 is 0 Å². The second kappa shape index (κ2) is 9.27. The van der Waals surface area contributed by atoms with E-state index in [1.807, 2.05) is 0 Å². The number of thioether (sulfide) groups is 1. The molecule has 0 aliphatic heterocycles. The molecule has 0 aromatic rings. The van der Waals surface area contributed by atoms with Gasteiger partial charge in [0, 0.05) is 11.8 Å². The minimum Gasteiger partial charge on any atom is -0.313 e. The number of nitrogens with one attached hydrogen (secondary N) is 1. The molecular weight excluding hydrogens is 226 g/mol. The highest BCUT2D eigenvalue weighted by Gasteiger charge is 2.25. The summed E-state index contributed by atoms with van der Waals surface area (Å²) in [4.78, 5) is 0. The average Bonchev–Trinajstić information content (AvgIpc) is 2.33. The van der Waals surface area contributed by atoms with Crippen LogP contribution in [0.2, 0.25) is 0 Å². The molecule has 3 unspecified atom stereocenters. The molecule has 0 spiro atoms. The lowest BCUT2D eigenvalue weighted by Crippen LogP contribution is -2.40. The SMILES string of the molecule is CCCNC(CSCCC)C1CCCC(C)C1. The summed E-state index contributed by atoms with van der Waals surface area (Å²) in [6.45, 7) is 8.18. The summed E-state index contributed by atoms with van der Waals surface area (Å²) in [6.07, 6.45) is 8.39. The summed E-state index contributed by atoms with van der Waals surface area (Å²) >= 11 is 2.14. The average molecular weight is 257 g/mol. The third-order valence-corrected chi connectivity index (χ3v) is 5.14. The van der Waals surface area contributed by atoms with Gasteiger partial charge in [0.05, 0.1) is 0 Å². The summed E-state index contributed by atoms with van der Waals surface area (Å²) in [7, 11) is 0. The molecule has 1 N–H and O–H groups in total. The molecule has 0 aromatic carbocycles. The predicted octanol–water partition coefficient (Wildman–Crippen LogP) is 4.32. The standard InChI is InChI=1S/C15H31NS/c1-4-9-16-15(12-17-10-5-2)14-8-6-7-13(3)11-14/h13-16H,4-12H2,1-3H3. The molecule has 0 radical (unpaired) electrons. The maximum absolute atomic E-state index is 3.80. The Morgan fingerprint density at radius 3 is 2.71 bits per heavy atom. The van der Waals surface area contributed by atoms with Crippen LogP contribution in [0.1, 0.15) is 59.3 Å². The Bertz CT molecular complexity index is 184. The van der Waals surface area contributed by atoms with Gasteiger partial charge in [-0.05, 0) is 49.8 Å². The minimum atomic E-state index is 0.772. The Morgan fingerprint density at radius 1 is 1.24 bits per heavy atom. The Hall–Kier alpha value is 0.310. The Balaban J connectivity index is 2.36. The van der Waals surface area contributed by atoms with Crippen LogP contribution in [0.25, 0.3) is 0 Å². The van der Waals surface area contributed by atoms with E-state index < -0.39 is 0 Å². The molecule has 0 heterocycles. The first-order valence-corrected chi connectivity index (χ1v) is 8.74. The van der Waals surface area contributed by atoms with Crippen LogP contribution >= 0.6 is 11.8 Å². The maximum Gasteiger partial charge on any atom is 0.0186 e. The van der Waals surface area contributed by atoms with Crippen molar-refractivity contribution in [3.05, 3.63) is 0 Å². The lowest BCUT2D eigenvalue weighted by Gasteiger charge is -2.34. The Morgan fingerprint density at radius 2 is 2.06 bits per heavy atom. The zero-order valence-corrected chi connectivity index (χ0v) is 12.8. The van der Waals surface area contributed by atoms with Crippen molar-refractivity contribution >= 4 is 11.8 Å². The molecule has 0 amide bonds. The first-order valence-electron chi connectivity index (χ1n) is 7.59. The van der Waals surface area contributed by atoms with E-state index in [9.17, 15) is 0 Å². The molecule has 1 aliphatic rings. The molecule has 1 rings (SSSR count). The summed E-state index contributed by atoms with van der Waals surface area (Å²) in [5.41, 5.74) is 0. The molecular formula is C15H31NS. The smallest absolute Gasteiger partial charge is 0.0186 e. The van der Waals surface area contributed by atoms with Crippen molar-refractivity contribution in [2.45, 2.75) is 65.3 Å². The predicted molar refractivity (Wildman–Crippen MR) is 80.8 cm³/mol. The van der Waals surface area contributed by atoms with Crippen LogP contribution in [0.15, 0.2) is 0 Å². The van der Waals surface area contributed by atoms with E-state index in [2.05, 4.69) is 37.8 Å². The molecule has 3 atom stereocenters. The molecule has 1 nitrogen and oxygen atoms in total. The molecule has 102 valence electrons. The molecule has 2 heteroatoms. The highest BCUT2D eigenvalue weighted by molar-refractivity contribution is 7.99. The summed E-state index contributed by atoms with van der Waals surface area (Å²) in [5, 5.41) is 3.80. The largest absolute Gasteiger partial charge is 0.313 e. The van der Waals surface area contributed by atoms with Crippen molar-refractivity contribution in [3.63, 3.8) is 0 Å². The second-order valence-corrected chi connectivity index (χ2v) is 6.82. The van der Waals surface area contributed by atoms with Crippen LogP contribution in [0.5, 0.6) is 0 Å². The van der Waals surface area contributed by atoms with Crippen molar-refractivity contribution in [1.82, 2.24) is 5.32 Å². The summed E-state index contributed by atoms with van der Waals surface area (Å²) in [6, 6.07) is 0.772. The van der Waals surface area contributed by atoms with E-state index in [-0.39, 0.29) is 0 Å². The van der Waals surface area contributed by atoms with E-state index in [1.54, 1.807) is 0 Å². The highest BCUT2D eigenvalue weighted by atomic mass is 32.2. The first-order chi connectivity index (χ1) is 8.27. The third kappa shape index (κ3) is 6.15. The summed E-state index contributed by atoms with van der Waals surface area (Å²) < 4.78 is 0. The van der Waals surface area contributed by atoms with Crippen molar-refractivity contribution in [1.29, 1.82) is 0 Å². The molecule has 1 aliphatic carbocycles. The normalized spacial score (nSPS) is 27.0. The quantitative estimate of drug-likeness (QED) is 0.650. The van der Waals surface area contributed by atoms with Gasteiger partial charge in [0.1, 0.15) is 0 Å².